The van der Waals surface area contributed by atoms with Crippen LogP contribution in [0.1, 0.15) is 20.8 Å². The first-order valence-electron chi connectivity index (χ1n) is 9.14. The second kappa shape index (κ2) is 9.03. The topological polar surface area (TPSA) is 132 Å². The van der Waals surface area contributed by atoms with Gasteiger partial charge in [-0.25, -0.2) is 14.8 Å². The van der Waals surface area contributed by atoms with Crippen molar-refractivity contribution in [3.63, 3.8) is 0 Å². The zero-order chi connectivity index (χ0) is 21.6. The first-order valence-corrected chi connectivity index (χ1v) is 9.14. The van der Waals surface area contributed by atoms with E-state index in [0.29, 0.717) is 28.6 Å². The van der Waals surface area contributed by atoms with E-state index in [1.54, 1.807) is 63.5 Å². The number of hydrogen-bond acceptors (Lipinski definition) is 8. The van der Waals surface area contributed by atoms with E-state index in [0.717, 1.165) is 0 Å². The molecular formula is C20H21N7O3. The van der Waals surface area contributed by atoms with Crippen LogP contribution in [-0.4, -0.2) is 49.3 Å². The van der Waals surface area contributed by atoms with Crippen molar-refractivity contribution in [2.45, 2.75) is 26.4 Å². The number of amides is 2. The van der Waals surface area contributed by atoms with Gasteiger partial charge in [0.25, 0.3) is 0 Å². The van der Waals surface area contributed by atoms with Gasteiger partial charge in [-0.15, -0.1) is 10.2 Å². The van der Waals surface area contributed by atoms with Crippen LogP contribution < -0.4 is 10.6 Å². The molecule has 0 unspecified atom stereocenters. The highest BCUT2D eigenvalue weighted by Gasteiger charge is 2.16. The second-order valence-electron chi connectivity index (χ2n) is 7.21. The van der Waals surface area contributed by atoms with Crippen molar-refractivity contribution in [3.8, 4) is 22.9 Å². The fraction of sp³-hybridized carbons (Fsp3) is 0.250. The average molecular weight is 407 g/mol. The number of ether oxygens (including phenoxy) is 1. The van der Waals surface area contributed by atoms with Crippen LogP contribution in [-0.2, 0) is 9.53 Å². The molecule has 154 valence electrons. The van der Waals surface area contributed by atoms with E-state index in [4.69, 9.17) is 4.74 Å². The molecule has 2 amide bonds. The molecule has 3 aromatic rings. The average Bonchev–Trinajstić information content (AvgIpc) is 2.72. The zero-order valence-electron chi connectivity index (χ0n) is 16.8. The van der Waals surface area contributed by atoms with Crippen molar-refractivity contribution < 1.29 is 14.3 Å². The van der Waals surface area contributed by atoms with E-state index in [1.807, 2.05) is 0 Å². The van der Waals surface area contributed by atoms with Gasteiger partial charge in [0.1, 0.15) is 23.5 Å². The molecule has 3 rings (SSSR count). The minimum atomic E-state index is -0.658. The molecule has 0 fully saturated rings. The monoisotopic (exact) mass is 407 g/mol. The highest BCUT2D eigenvalue weighted by atomic mass is 16.6. The van der Waals surface area contributed by atoms with Crippen molar-refractivity contribution in [1.82, 2.24) is 30.5 Å². The van der Waals surface area contributed by atoms with Crippen LogP contribution in [0, 0.1) is 0 Å². The molecule has 0 spiro atoms. The van der Waals surface area contributed by atoms with E-state index in [9.17, 15) is 9.59 Å². The van der Waals surface area contributed by atoms with Gasteiger partial charge in [-0.1, -0.05) is 0 Å². The van der Waals surface area contributed by atoms with Gasteiger partial charge in [0, 0.05) is 12.4 Å². The second-order valence-corrected chi connectivity index (χ2v) is 7.21. The first-order chi connectivity index (χ1) is 14.3. The van der Waals surface area contributed by atoms with Gasteiger partial charge >= 0.3 is 6.09 Å². The summed E-state index contributed by atoms with van der Waals surface area (Å²) in [6, 6.07) is 8.65. The summed E-state index contributed by atoms with van der Waals surface area (Å²) in [6.45, 7) is 5.01. The van der Waals surface area contributed by atoms with E-state index in [1.165, 1.54) is 6.20 Å². The summed E-state index contributed by atoms with van der Waals surface area (Å²) < 4.78 is 5.08. The van der Waals surface area contributed by atoms with Gasteiger partial charge in [-0.2, -0.15) is 0 Å². The summed E-state index contributed by atoms with van der Waals surface area (Å²) in [6.07, 6.45) is 4.11. The predicted molar refractivity (Wildman–Crippen MR) is 109 cm³/mol. The van der Waals surface area contributed by atoms with Crippen molar-refractivity contribution in [2.75, 3.05) is 11.9 Å². The molecule has 0 radical (unpaired) electrons. The first kappa shape index (κ1) is 20.8. The lowest BCUT2D eigenvalue weighted by molar-refractivity contribution is -0.115. The molecule has 10 nitrogen and oxygen atoms in total. The third kappa shape index (κ3) is 6.03. The zero-order valence-corrected chi connectivity index (χ0v) is 16.8. The Balaban J connectivity index is 1.56. The van der Waals surface area contributed by atoms with Crippen LogP contribution in [0.3, 0.4) is 0 Å². The summed E-state index contributed by atoms with van der Waals surface area (Å²) >= 11 is 0. The molecule has 0 saturated heterocycles. The summed E-state index contributed by atoms with van der Waals surface area (Å²) in [4.78, 5) is 36.1. The Hall–Kier alpha value is -3.95. The Morgan fingerprint density at radius 2 is 1.60 bits per heavy atom. The highest BCUT2D eigenvalue weighted by molar-refractivity contribution is 5.93. The van der Waals surface area contributed by atoms with Crippen LogP contribution in [0.5, 0.6) is 0 Å². The Bertz CT molecular complexity index is 1000. The molecule has 0 aliphatic rings. The van der Waals surface area contributed by atoms with Gasteiger partial charge < -0.3 is 15.4 Å². The lowest BCUT2D eigenvalue weighted by atomic mass is 10.2. The molecule has 0 aliphatic carbocycles. The molecule has 3 aromatic heterocycles. The molecule has 2 N–H and O–H groups in total. The number of carbonyl (C=O) groups excluding carboxylic acids is 2. The number of anilines is 1. The molecule has 30 heavy (non-hydrogen) atoms. The molecule has 0 atom stereocenters. The van der Waals surface area contributed by atoms with Gasteiger partial charge in [0.05, 0.1) is 17.6 Å². The van der Waals surface area contributed by atoms with Crippen LogP contribution >= 0.6 is 0 Å². The number of rotatable bonds is 5. The minimum absolute atomic E-state index is 0.217. The van der Waals surface area contributed by atoms with Crippen molar-refractivity contribution in [3.05, 3.63) is 48.9 Å². The van der Waals surface area contributed by atoms with Crippen molar-refractivity contribution in [2.24, 2.45) is 0 Å². The fourth-order valence-corrected chi connectivity index (χ4v) is 2.31. The number of nitrogens with zero attached hydrogens (tertiary/aromatic N) is 5. The highest BCUT2D eigenvalue weighted by Crippen LogP contribution is 2.18. The lowest BCUT2D eigenvalue weighted by Crippen LogP contribution is -2.37. The van der Waals surface area contributed by atoms with E-state index >= 15 is 0 Å². The molecular weight excluding hydrogens is 386 g/mol. The summed E-state index contributed by atoms with van der Waals surface area (Å²) in [5.41, 5.74) is 1.57. The molecule has 3 heterocycles. The van der Waals surface area contributed by atoms with Crippen LogP contribution in [0.2, 0.25) is 0 Å². The van der Waals surface area contributed by atoms with Crippen LogP contribution in [0.25, 0.3) is 22.9 Å². The third-order valence-electron chi connectivity index (χ3n) is 3.56. The van der Waals surface area contributed by atoms with E-state index < -0.39 is 17.6 Å². The molecule has 0 aliphatic heterocycles. The normalized spacial score (nSPS) is 10.9. The van der Waals surface area contributed by atoms with Crippen LogP contribution in [0.15, 0.2) is 48.9 Å². The van der Waals surface area contributed by atoms with E-state index in [2.05, 4.69) is 35.8 Å². The number of pyridine rings is 1. The Morgan fingerprint density at radius 3 is 2.20 bits per heavy atom. The Morgan fingerprint density at radius 1 is 0.933 bits per heavy atom. The van der Waals surface area contributed by atoms with Gasteiger partial charge in [0.2, 0.25) is 5.91 Å². The molecule has 0 bridgehead atoms. The maximum atomic E-state index is 12.0. The maximum Gasteiger partial charge on any atom is 0.408 e. The number of alkyl carbamates (subject to hydrolysis) is 1. The van der Waals surface area contributed by atoms with Crippen molar-refractivity contribution >= 4 is 17.7 Å². The minimum Gasteiger partial charge on any atom is -0.444 e. The number of carbonyl (C=O) groups is 2. The largest absolute Gasteiger partial charge is 0.444 e. The summed E-state index contributed by atoms with van der Waals surface area (Å²) in [5.74, 6) is 0.0879. The SMILES string of the molecule is CC(C)(C)OC(=O)NCC(=O)Nc1ccc(-c2ccc(-c3ncccn3)nn2)nc1. The number of nitrogens with one attached hydrogen (secondary N) is 2. The quantitative estimate of drug-likeness (QED) is 0.659. The standard InChI is InChI=1S/C20H21N7O3/c1-20(2,3)30-19(29)24-12-17(28)25-13-5-6-14(23-11-13)15-7-8-16(27-26-15)18-21-9-4-10-22-18/h4-11H,12H2,1-3H3,(H,24,29)(H,25,28). The van der Waals surface area contributed by atoms with Gasteiger partial charge in [0.15, 0.2) is 5.82 Å². The van der Waals surface area contributed by atoms with Crippen LogP contribution in [0.4, 0.5) is 10.5 Å². The third-order valence-corrected chi connectivity index (χ3v) is 3.56. The molecule has 0 saturated carbocycles. The Kier molecular flexibility index (Phi) is 6.26. The number of aromatic nitrogens is 5. The number of hydrogen-bond donors (Lipinski definition) is 2. The molecule has 0 aromatic carbocycles. The molecule has 10 heteroatoms. The summed E-state index contributed by atoms with van der Waals surface area (Å²) in [7, 11) is 0. The smallest absolute Gasteiger partial charge is 0.408 e. The predicted octanol–water partition coefficient (Wildman–Crippen LogP) is 2.46. The summed E-state index contributed by atoms with van der Waals surface area (Å²) in [5, 5.41) is 13.3. The Labute approximate surface area is 173 Å². The lowest BCUT2D eigenvalue weighted by Gasteiger charge is -2.19. The van der Waals surface area contributed by atoms with Gasteiger partial charge in [-0.05, 0) is 51.1 Å². The maximum absolute atomic E-state index is 12.0. The van der Waals surface area contributed by atoms with E-state index in [-0.39, 0.29) is 6.54 Å². The fourth-order valence-electron chi connectivity index (χ4n) is 2.31. The van der Waals surface area contributed by atoms with Gasteiger partial charge in [-0.3, -0.25) is 9.78 Å². The van der Waals surface area contributed by atoms with Crippen molar-refractivity contribution in [1.29, 1.82) is 0 Å².